The van der Waals surface area contributed by atoms with Gasteiger partial charge in [-0.05, 0) is 36.8 Å². The van der Waals surface area contributed by atoms with Gasteiger partial charge in [0.2, 0.25) is 10.0 Å². The maximum absolute atomic E-state index is 13.1. The van der Waals surface area contributed by atoms with E-state index in [0.29, 0.717) is 36.8 Å². The van der Waals surface area contributed by atoms with Crippen molar-refractivity contribution in [3.63, 3.8) is 0 Å². The molecule has 1 saturated heterocycles. The van der Waals surface area contributed by atoms with Crippen LogP contribution in [0.5, 0.6) is 5.75 Å². The average molecular weight is 498 g/mol. The van der Waals surface area contributed by atoms with E-state index in [4.69, 9.17) is 32.9 Å². The highest BCUT2D eigenvalue weighted by molar-refractivity contribution is 7.89. The fourth-order valence-corrected chi connectivity index (χ4v) is 6.53. The molecule has 0 unspecified atom stereocenters. The number of aryl methyl sites for hydroxylation is 1. The van der Waals surface area contributed by atoms with Gasteiger partial charge >= 0.3 is 0 Å². The summed E-state index contributed by atoms with van der Waals surface area (Å²) in [7, 11) is -2.06. The van der Waals surface area contributed by atoms with Gasteiger partial charge in [-0.2, -0.15) is 4.31 Å². The van der Waals surface area contributed by atoms with Gasteiger partial charge in [0, 0.05) is 42.1 Å². The van der Waals surface area contributed by atoms with Crippen molar-refractivity contribution in [2.75, 3.05) is 38.2 Å². The zero-order valence-electron chi connectivity index (χ0n) is 17.0. The number of anilines is 1. The molecule has 3 aromatic rings. The van der Waals surface area contributed by atoms with Crippen molar-refractivity contribution >= 4 is 49.7 Å². The number of hydrogen-bond acceptors (Lipinski definition) is 6. The number of aromatic nitrogens is 1. The molecule has 2 heterocycles. The molecule has 1 aliphatic heterocycles. The normalized spacial score (nSPS) is 15.3. The van der Waals surface area contributed by atoms with Crippen LogP contribution >= 0.6 is 34.5 Å². The molecule has 164 valence electrons. The van der Waals surface area contributed by atoms with Gasteiger partial charge in [0.05, 0.1) is 17.8 Å². The Bertz CT molecular complexity index is 1210. The highest BCUT2D eigenvalue weighted by atomic mass is 35.5. The Labute approximate surface area is 196 Å². The van der Waals surface area contributed by atoms with E-state index < -0.39 is 10.0 Å². The molecule has 0 spiro atoms. The number of nitrogens with zero attached hydrogens (tertiary/aromatic N) is 3. The van der Waals surface area contributed by atoms with Crippen LogP contribution in [0.15, 0.2) is 46.7 Å². The average Bonchev–Trinajstić information content (AvgIpc) is 3.26. The number of methoxy groups -OCH3 is 1. The SMILES string of the molecule is COc1cccc(-c2csc(N3CCN(S(=O)(=O)c4cc(C)c(Cl)cc4Cl)CC3)n2)c1. The van der Waals surface area contributed by atoms with E-state index in [-0.39, 0.29) is 9.92 Å². The molecule has 0 saturated carbocycles. The summed E-state index contributed by atoms with van der Waals surface area (Å²) in [5, 5.41) is 3.46. The number of benzene rings is 2. The lowest BCUT2D eigenvalue weighted by atomic mass is 10.2. The van der Waals surface area contributed by atoms with Crippen LogP contribution in [-0.4, -0.2) is 51.0 Å². The van der Waals surface area contributed by atoms with Gasteiger partial charge in [0.15, 0.2) is 5.13 Å². The number of ether oxygens (including phenoxy) is 1. The number of thiazole rings is 1. The Morgan fingerprint density at radius 1 is 1.06 bits per heavy atom. The minimum absolute atomic E-state index is 0.0964. The molecule has 1 aliphatic rings. The van der Waals surface area contributed by atoms with Crippen LogP contribution in [0.4, 0.5) is 5.13 Å². The minimum atomic E-state index is -3.70. The first-order valence-corrected chi connectivity index (χ1v) is 12.7. The predicted octanol–water partition coefficient (Wildman–Crippen LogP) is 4.94. The van der Waals surface area contributed by atoms with Gasteiger partial charge in [-0.15, -0.1) is 11.3 Å². The molecule has 2 aromatic carbocycles. The highest BCUT2D eigenvalue weighted by Gasteiger charge is 2.31. The van der Waals surface area contributed by atoms with Gasteiger partial charge in [-0.25, -0.2) is 13.4 Å². The van der Waals surface area contributed by atoms with Crippen LogP contribution in [0.2, 0.25) is 10.0 Å². The maximum Gasteiger partial charge on any atom is 0.244 e. The summed E-state index contributed by atoms with van der Waals surface area (Å²) in [5.41, 5.74) is 2.53. The minimum Gasteiger partial charge on any atom is -0.497 e. The van der Waals surface area contributed by atoms with E-state index >= 15 is 0 Å². The standard InChI is InChI=1S/C21H21Cl2N3O3S2/c1-14-10-20(18(23)12-17(14)22)31(27,28)26-8-6-25(7-9-26)21-24-19(13-30-21)15-4-3-5-16(11-15)29-2/h3-5,10-13H,6-9H2,1-2H3. The Kier molecular flexibility index (Phi) is 6.46. The highest BCUT2D eigenvalue weighted by Crippen LogP contribution is 2.33. The molecule has 0 N–H and O–H groups in total. The van der Waals surface area contributed by atoms with E-state index in [1.807, 2.05) is 29.6 Å². The van der Waals surface area contributed by atoms with Crippen molar-refractivity contribution in [1.29, 1.82) is 0 Å². The molecule has 31 heavy (non-hydrogen) atoms. The van der Waals surface area contributed by atoms with Crippen LogP contribution in [0.1, 0.15) is 5.56 Å². The molecule has 10 heteroatoms. The van der Waals surface area contributed by atoms with Crippen molar-refractivity contribution in [3.05, 3.63) is 57.4 Å². The molecular formula is C21H21Cl2N3O3S2. The summed E-state index contributed by atoms with van der Waals surface area (Å²) in [6.07, 6.45) is 0. The zero-order valence-corrected chi connectivity index (χ0v) is 20.2. The second-order valence-corrected chi connectivity index (χ2v) is 10.7. The molecule has 1 fully saturated rings. The van der Waals surface area contributed by atoms with Crippen molar-refractivity contribution in [2.45, 2.75) is 11.8 Å². The number of piperazine rings is 1. The Morgan fingerprint density at radius 3 is 2.52 bits per heavy atom. The third-order valence-corrected chi connectivity index (χ3v) is 8.87. The Morgan fingerprint density at radius 2 is 1.81 bits per heavy atom. The van der Waals surface area contributed by atoms with Gasteiger partial charge in [-0.1, -0.05) is 35.3 Å². The molecule has 1 aromatic heterocycles. The van der Waals surface area contributed by atoms with Crippen LogP contribution < -0.4 is 9.64 Å². The van der Waals surface area contributed by atoms with Gasteiger partial charge in [0.1, 0.15) is 10.6 Å². The summed E-state index contributed by atoms with van der Waals surface area (Å²) < 4.78 is 33.0. The molecule has 4 rings (SSSR count). The molecule has 0 atom stereocenters. The first-order valence-electron chi connectivity index (χ1n) is 9.60. The molecule has 0 aliphatic carbocycles. The largest absolute Gasteiger partial charge is 0.497 e. The monoisotopic (exact) mass is 497 g/mol. The molecule has 6 nitrogen and oxygen atoms in total. The van der Waals surface area contributed by atoms with Crippen LogP contribution in [0.25, 0.3) is 11.3 Å². The summed E-state index contributed by atoms with van der Waals surface area (Å²) in [6, 6.07) is 10.8. The van der Waals surface area contributed by atoms with Crippen molar-refractivity contribution in [2.24, 2.45) is 0 Å². The van der Waals surface area contributed by atoms with Gasteiger partial charge in [-0.3, -0.25) is 0 Å². The van der Waals surface area contributed by atoms with Gasteiger partial charge in [0.25, 0.3) is 0 Å². The zero-order chi connectivity index (χ0) is 22.2. The van der Waals surface area contributed by atoms with Crippen LogP contribution in [0.3, 0.4) is 0 Å². The third-order valence-electron chi connectivity index (χ3n) is 5.20. The number of rotatable bonds is 5. The first-order chi connectivity index (χ1) is 14.8. The van der Waals surface area contributed by atoms with Crippen molar-refractivity contribution < 1.29 is 13.2 Å². The molecule has 0 bridgehead atoms. The molecule has 0 amide bonds. The Hall–Kier alpha value is -1.84. The Balaban J connectivity index is 1.48. The fourth-order valence-electron chi connectivity index (χ4n) is 3.41. The third kappa shape index (κ3) is 4.54. The van der Waals surface area contributed by atoms with Crippen LogP contribution in [0, 0.1) is 6.92 Å². The summed E-state index contributed by atoms with van der Waals surface area (Å²) in [5.74, 6) is 0.780. The first kappa shape index (κ1) is 22.4. The van der Waals surface area contributed by atoms with E-state index in [2.05, 4.69) is 4.90 Å². The topological polar surface area (TPSA) is 62.7 Å². The van der Waals surface area contributed by atoms with Crippen molar-refractivity contribution in [1.82, 2.24) is 9.29 Å². The van der Waals surface area contributed by atoms with E-state index in [9.17, 15) is 8.42 Å². The lowest BCUT2D eigenvalue weighted by Gasteiger charge is -2.34. The van der Waals surface area contributed by atoms with E-state index in [1.54, 1.807) is 25.4 Å². The summed E-state index contributed by atoms with van der Waals surface area (Å²) in [6.45, 7) is 3.57. The molecular weight excluding hydrogens is 477 g/mol. The van der Waals surface area contributed by atoms with E-state index in [1.165, 1.54) is 16.4 Å². The number of halogens is 2. The second-order valence-electron chi connectivity index (χ2n) is 7.17. The van der Waals surface area contributed by atoms with Gasteiger partial charge < -0.3 is 9.64 Å². The quantitative estimate of drug-likeness (QED) is 0.499. The predicted molar refractivity (Wildman–Crippen MR) is 126 cm³/mol. The van der Waals surface area contributed by atoms with Crippen molar-refractivity contribution in [3.8, 4) is 17.0 Å². The molecule has 0 radical (unpaired) electrons. The van der Waals surface area contributed by atoms with Crippen LogP contribution in [-0.2, 0) is 10.0 Å². The summed E-state index contributed by atoms with van der Waals surface area (Å²) in [4.78, 5) is 6.95. The smallest absolute Gasteiger partial charge is 0.244 e. The number of hydrogen-bond donors (Lipinski definition) is 0. The number of sulfonamides is 1. The van der Waals surface area contributed by atoms with E-state index in [0.717, 1.165) is 22.1 Å². The lowest BCUT2D eigenvalue weighted by Crippen LogP contribution is -2.48. The maximum atomic E-state index is 13.1. The second kappa shape index (κ2) is 8.96. The fraction of sp³-hybridized carbons (Fsp3) is 0.286. The summed E-state index contributed by atoms with van der Waals surface area (Å²) >= 11 is 13.8. The lowest BCUT2D eigenvalue weighted by molar-refractivity contribution is 0.385.